The van der Waals surface area contributed by atoms with Gasteiger partial charge < -0.3 is 16.2 Å². The van der Waals surface area contributed by atoms with E-state index in [-0.39, 0.29) is 0 Å². The molecular formula is C20H20N2O. The summed E-state index contributed by atoms with van der Waals surface area (Å²) in [5.74, 6) is 0. The Morgan fingerprint density at radius 2 is 1.39 bits per heavy atom. The van der Waals surface area contributed by atoms with Crippen LogP contribution in [0.25, 0.3) is 11.1 Å². The first-order chi connectivity index (χ1) is 11.2. The molecule has 0 heterocycles. The van der Waals surface area contributed by atoms with E-state index < -0.39 is 6.10 Å². The zero-order valence-corrected chi connectivity index (χ0v) is 12.8. The highest BCUT2D eigenvalue weighted by Gasteiger charge is 2.07. The Kier molecular flexibility index (Phi) is 4.60. The molecule has 0 aliphatic rings. The fourth-order valence-electron chi connectivity index (χ4n) is 2.46. The molecule has 0 radical (unpaired) electrons. The molecule has 0 saturated carbocycles. The molecule has 1 unspecified atom stereocenters. The van der Waals surface area contributed by atoms with Crippen LogP contribution in [0.15, 0.2) is 78.9 Å². The van der Waals surface area contributed by atoms with Gasteiger partial charge in [-0.05, 0) is 41.0 Å². The first kappa shape index (κ1) is 15.1. The van der Waals surface area contributed by atoms with Crippen LogP contribution in [0, 0.1) is 0 Å². The predicted octanol–water partition coefficient (Wildman–Crippen LogP) is 4.08. The van der Waals surface area contributed by atoms with Gasteiger partial charge in [-0.3, -0.25) is 0 Å². The summed E-state index contributed by atoms with van der Waals surface area (Å²) in [6, 6.07) is 25.7. The molecule has 0 aliphatic carbocycles. The summed E-state index contributed by atoms with van der Waals surface area (Å²) in [6.45, 7) is 0.453. The maximum Gasteiger partial charge on any atom is 0.0962 e. The van der Waals surface area contributed by atoms with Gasteiger partial charge in [0, 0.05) is 17.9 Å². The fourth-order valence-corrected chi connectivity index (χ4v) is 2.46. The molecule has 0 fully saturated rings. The number of hydrogen-bond donors (Lipinski definition) is 3. The van der Waals surface area contributed by atoms with Crippen molar-refractivity contribution in [3.63, 3.8) is 0 Å². The highest BCUT2D eigenvalue weighted by molar-refractivity contribution is 5.63. The maximum absolute atomic E-state index is 10.3. The molecule has 0 bridgehead atoms. The number of nitrogen functional groups attached to an aromatic ring is 1. The second kappa shape index (κ2) is 6.99. The highest BCUT2D eigenvalue weighted by atomic mass is 16.3. The lowest BCUT2D eigenvalue weighted by atomic mass is 10.0. The maximum atomic E-state index is 10.3. The quantitative estimate of drug-likeness (QED) is 0.622. The predicted molar refractivity (Wildman–Crippen MR) is 96.2 cm³/mol. The molecular weight excluding hydrogens is 284 g/mol. The molecule has 0 saturated heterocycles. The molecule has 0 spiro atoms. The van der Waals surface area contributed by atoms with Crippen molar-refractivity contribution in [2.45, 2.75) is 6.10 Å². The summed E-state index contributed by atoms with van der Waals surface area (Å²) in [7, 11) is 0. The van der Waals surface area contributed by atoms with E-state index >= 15 is 0 Å². The Balaban J connectivity index is 1.63. The van der Waals surface area contributed by atoms with E-state index in [0.717, 1.165) is 22.5 Å². The molecule has 0 amide bonds. The van der Waals surface area contributed by atoms with Gasteiger partial charge in [0.2, 0.25) is 0 Å². The van der Waals surface area contributed by atoms with Crippen molar-refractivity contribution < 1.29 is 5.11 Å². The van der Waals surface area contributed by atoms with Gasteiger partial charge >= 0.3 is 0 Å². The van der Waals surface area contributed by atoms with Gasteiger partial charge in [-0.1, -0.05) is 54.6 Å². The Hall–Kier alpha value is -2.78. The Bertz CT molecular complexity index is 737. The van der Waals surface area contributed by atoms with Crippen LogP contribution in [0.2, 0.25) is 0 Å². The van der Waals surface area contributed by atoms with Gasteiger partial charge in [0.1, 0.15) is 0 Å². The largest absolute Gasteiger partial charge is 0.399 e. The van der Waals surface area contributed by atoms with E-state index in [9.17, 15) is 5.11 Å². The number of aliphatic hydroxyl groups is 1. The lowest BCUT2D eigenvalue weighted by Gasteiger charge is -2.14. The van der Waals surface area contributed by atoms with Gasteiger partial charge in [-0.25, -0.2) is 0 Å². The van der Waals surface area contributed by atoms with Gasteiger partial charge in [0.25, 0.3) is 0 Å². The minimum Gasteiger partial charge on any atom is -0.399 e. The van der Waals surface area contributed by atoms with Gasteiger partial charge in [0.15, 0.2) is 0 Å². The number of rotatable bonds is 5. The molecule has 0 aliphatic heterocycles. The Morgan fingerprint density at radius 1 is 0.783 bits per heavy atom. The van der Waals surface area contributed by atoms with Crippen LogP contribution in [-0.4, -0.2) is 11.7 Å². The zero-order chi connectivity index (χ0) is 16.1. The average Bonchev–Trinajstić information content (AvgIpc) is 2.62. The standard InChI is InChI=1S/C20H20N2O/c21-18-10-12-19(13-11-18)22-14-20(23)17-8-6-16(7-9-17)15-4-2-1-3-5-15/h1-13,20,22-23H,14,21H2. The van der Waals surface area contributed by atoms with Gasteiger partial charge in [-0.2, -0.15) is 0 Å². The number of aliphatic hydroxyl groups excluding tert-OH is 1. The van der Waals surface area contributed by atoms with Crippen molar-refractivity contribution in [1.82, 2.24) is 0 Å². The van der Waals surface area contributed by atoms with E-state index in [1.165, 1.54) is 5.56 Å². The second-order valence-corrected chi connectivity index (χ2v) is 5.51. The van der Waals surface area contributed by atoms with Crippen LogP contribution in [0.1, 0.15) is 11.7 Å². The smallest absolute Gasteiger partial charge is 0.0962 e. The molecule has 23 heavy (non-hydrogen) atoms. The zero-order valence-electron chi connectivity index (χ0n) is 12.8. The Morgan fingerprint density at radius 3 is 2.04 bits per heavy atom. The van der Waals surface area contributed by atoms with Crippen LogP contribution in [0.4, 0.5) is 11.4 Å². The monoisotopic (exact) mass is 304 g/mol. The second-order valence-electron chi connectivity index (χ2n) is 5.51. The third kappa shape index (κ3) is 3.90. The SMILES string of the molecule is Nc1ccc(NCC(O)c2ccc(-c3ccccc3)cc2)cc1. The molecule has 3 rings (SSSR count). The fraction of sp³-hybridized carbons (Fsp3) is 0.100. The number of anilines is 2. The molecule has 3 aromatic rings. The summed E-state index contributed by atoms with van der Waals surface area (Å²) in [6.07, 6.45) is -0.558. The number of nitrogens with one attached hydrogen (secondary N) is 1. The lowest BCUT2D eigenvalue weighted by Crippen LogP contribution is -2.12. The number of hydrogen-bond acceptors (Lipinski definition) is 3. The van der Waals surface area contributed by atoms with Crippen molar-refractivity contribution >= 4 is 11.4 Å². The average molecular weight is 304 g/mol. The van der Waals surface area contributed by atoms with Crippen molar-refractivity contribution in [1.29, 1.82) is 0 Å². The molecule has 3 heteroatoms. The summed E-state index contributed by atoms with van der Waals surface area (Å²) < 4.78 is 0. The van der Waals surface area contributed by atoms with Crippen LogP contribution in [-0.2, 0) is 0 Å². The highest BCUT2D eigenvalue weighted by Crippen LogP contribution is 2.22. The molecule has 0 aromatic heterocycles. The third-order valence-corrected chi connectivity index (χ3v) is 3.81. The van der Waals surface area contributed by atoms with Crippen LogP contribution in [0.5, 0.6) is 0 Å². The lowest BCUT2D eigenvalue weighted by molar-refractivity contribution is 0.191. The normalized spacial score (nSPS) is 11.9. The molecule has 4 N–H and O–H groups in total. The minimum absolute atomic E-state index is 0.453. The van der Waals surface area contributed by atoms with E-state index in [2.05, 4.69) is 17.4 Å². The summed E-state index contributed by atoms with van der Waals surface area (Å²) >= 11 is 0. The van der Waals surface area contributed by atoms with E-state index in [4.69, 9.17) is 5.73 Å². The molecule has 3 aromatic carbocycles. The van der Waals surface area contributed by atoms with Gasteiger partial charge in [0.05, 0.1) is 6.10 Å². The van der Waals surface area contributed by atoms with E-state index in [1.54, 1.807) is 0 Å². The number of benzene rings is 3. The van der Waals surface area contributed by atoms with Crippen molar-refractivity contribution in [3.05, 3.63) is 84.4 Å². The first-order valence-electron chi connectivity index (χ1n) is 7.65. The Labute approximate surface area is 136 Å². The summed E-state index contributed by atoms with van der Waals surface area (Å²) in [5.41, 5.74) is 10.5. The van der Waals surface area contributed by atoms with E-state index in [0.29, 0.717) is 6.54 Å². The van der Waals surface area contributed by atoms with Crippen LogP contribution >= 0.6 is 0 Å². The first-order valence-corrected chi connectivity index (χ1v) is 7.65. The van der Waals surface area contributed by atoms with E-state index in [1.807, 2.05) is 66.7 Å². The number of nitrogens with two attached hydrogens (primary N) is 1. The van der Waals surface area contributed by atoms with Crippen molar-refractivity contribution in [2.24, 2.45) is 0 Å². The minimum atomic E-state index is -0.558. The summed E-state index contributed by atoms with van der Waals surface area (Å²) in [5, 5.41) is 13.5. The topological polar surface area (TPSA) is 58.3 Å². The molecule has 116 valence electrons. The van der Waals surface area contributed by atoms with Gasteiger partial charge in [-0.15, -0.1) is 0 Å². The summed E-state index contributed by atoms with van der Waals surface area (Å²) in [4.78, 5) is 0. The van der Waals surface area contributed by atoms with Crippen molar-refractivity contribution in [2.75, 3.05) is 17.6 Å². The molecule has 3 nitrogen and oxygen atoms in total. The van der Waals surface area contributed by atoms with Crippen molar-refractivity contribution in [3.8, 4) is 11.1 Å². The van der Waals surface area contributed by atoms with Crippen LogP contribution < -0.4 is 11.1 Å². The third-order valence-electron chi connectivity index (χ3n) is 3.81. The van der Waals surface area contributed by atoms with Crippen LogP contribution in [0.3, 0.4) is 0 Å². The molecule has 1 atom stereocenters.